The normalized spacial score (nSPS) is 20.3. The molecule has 0 spiro atoms. The predicted octanol–water partition coefficient (Wildman–Crippen LogP) is 8.92. The molecule has 2 aliphatic heterocycles. The van der Waals surface area contributed by atoms with Gasteiger partial charge in [-0.05, 0) is 107 Å². The molecule has 64 heavy (non-hydrogen) atoms. The fourth-order valence-electron chi connectivity index (χ4n) is 10.2. The molecule has 4 heterocycles. The third kappa shape index (κ3) is 8.05. The van der Waals surface area contributed by atoms with Gasteiger partial charge in [-0.1, -0.05) is 82.3 Å². The predicted molar refractivity (Wildman–Crippen MR) is 245 cm³/mol. The number of nitrogens with zero attached hydrogens (tertiary/aromatic N) is 4. The molecule has 0 radical (unpaired) electrons. The third-order valence-corrected chi connectivity index (χ3v) is 13.6. The Labute approximate surface area is 372 Å². The van der Waals surface area contributed by atoms with Crippen molar-refractivity contribution in [3.05, 3.63) is 96.7 Å². The van der Waals surface area contributed by atoms with Crippen molar-refractivity contribution in [2.45, 2.75) is 90.0 Å². The zero-order valence-corrected chi connectivity index (χ0v) is 37.2. The molecule has 2 saturated heterocycles. The Morgan fingerprint density at radius 3 is 1.94 bits per heavy atom. The average Bonchev–Trinajstić information content (AvgIpc) is 4.17. The minimum Gasteiger partial charge on any atom is -0.453 e. The van der Waals surface area contributed by atoms with Crippen LogP contribution in [0.25, 0.3) is 55.3 Å². The van der Waals surface area contributed by atoms with E-state index in [1.807, 2.05) is 49.8 Å². The summed E-state index contributed by atoms with van der Waals surface area (Å²) >= 11 is 0. The summed E-state index contributed by atoms with van der Waals surface area (Å²) in [6.07, 6.45) is 5.17. The Morgan fingerprint density at radius 2 is 1.28 bits per heavy atom. The lowest BCUT2D eigenvalue weighted by Crippen LogP contribution is -2.54. The fraction of sp³-hybridized carbons (Fsp3) is 0.400. The van der Waals surface area contributed by atoms with Crippen LogP contribution >= 0.6 is 0 Å². The van der Waals surface area contributed by atoms with Crippen LogP contribution in [0.3, 0.4) is 0 Å². The summed E-state index contributed by atoms with van der Waals surface area (Å²) in [4.78, 5) is 72.5. The van der Waals surface area contributed by atoms with Crippen LogP contribution in [0.5, 0.6) is 0 Å². The van der Waals surface area contributed by atoms with Gasteiger partial charge in [0, 0.05) is 18.2 Å². The van der Waals surface area contributed by atoms with Crippen LogP contribution in [0, 0.1) is 17.8 Å². The van der Waals surface area contributed by atoms with E-state index in [9.17, 15) is 19.2 Å². The first kappa shape index (κ1) is 42.6. The number of methoxy groups -OCH3 is 2. The van der Waals surface area contributed by atoms with Crippen molar-refractivity contribution in [1.29, 1.82) is 0 Å². The second-order valence-electron chi connectivity index (χ2n) is 18.2. The summed E-state index contributed by atoms with van der Waals surface area (Å²) in [5.74, 6) is 1.41. The van der Waals surface area contributed by atoms with Crippen molar-refractivity contribution in [1.82, 2.24) is 40.4 Å². The number of hydrogen-bond acceptors (Lipinski definition) is 8. The number of imidazole rings is 2. The average molecular weight is 865 g/mol. The first-order valence-corrected chi connectivity index (χ1v) is 22.4. The molecule has 2 aromatic heterocycles. The van der Waals surface area contributed by atoms with Gasteiger partial charge in [0.2, 0.25) is 11.8 Å². The molecule has 1 unspecified atom stereocenters. The number of ether oxygens (including phenoxy) is 2. The summed E-state index contributed by atoms with van der Waals surface area (Å²) in [5, 5.41) is 7.70. The first-order chi connectivity index (χ1) is 30.9. The quantitative estimate of drug-likeness (QED) is 0.0999. The Balaban J connectivity index is 0.892. The van der Waals surface area contributed by atoms with E-state index < -0.39 is 24.3 Å². The second-order valence-corrected chi connectivity index (χ2v) is 18.2. The van der Waals surface area contributed by atoms with Gasteiger partial charge in [-0.15, -0.1) is 0 Å². The standard InChI is InChI=1S/C50H56N8O6/c1-27(2)42(55-49(61)63-5)47(59)57-21-7-8-41(57)45-51-26-40(54-45)35-16-15-32-22-31(13-14-33(32)23-35)29-9-11-30(12-10-29)34-18-20-38-39(25-34)53-46(52-38)44-36-17-19-37(24-36)58(44)48(60)43(28(3)4)56-50(62)64-6/h9-16,18,20,22-23,25-28,36-37,41-44H,7-8,17,19,21,24H2,1-6H3,(H,51,54)(H,52,53)(H,55,61)(H,56,62)/t36-,37+,41-,42?,43-,44-/m0/s1. The SMILES string of the molecule is COC(=O)NC(C(=O)N1CCC[C@H]1c1ncc(-c2ccc3cc(-c4ccc(-c5ccc6nc([C@@H]7[C@H]8CC[C@H](C8)N7C(=O)[C@@H](NC(=O)OC)C(C)C)[nH]c6c5)cc4)ccc3c2)[nH]1)C(C)C. The number of carbonyl (C=O) groups excluding carboxylic acids is 4. The maximum absolute atomic E-state index is 14.0. The third-order valence-electron chi connectivity index (χ3n) is 13.6. The van der Waals surface area contributed by atoms with Crippen LogP contribution in [-0.2, 0) is 19.1 Å². The molecule has 332 valence electrons. The molecular weight excluding hydrogens is 809 g/mol. The minimum atomic E-state index is -0.688. The van der Waals surface area contributed by atoms with Crippen LogP contribution in [0.15, 0.2) is 85.1 Å². The summed E-state index contributed by atoms with van der Waals surface area (Å²) in [5.41, 5.74) is 8.01. The lowest BCUT2D eigenvalue weighted by molar-refractivity contribution is -0.139. The van der Waals surface area contributed by atoms with E-state index in [2.05, 4.69) is 93.4 Å². The number of likely N-dealkylation sites (tertiary alicyclic amines) is 2. The van der Waals surface area contributed by atoms with E-state index in [4.69, 9.17) is 19.4 Å². The highest BCUT2D eigenvalue weighted by molar-refractivity contribution is 5.91. The Kier molecular flexibility index (Phi) is 11.6. The molecule has 6 atom stereocenters. The van der Waals surface area contributed by atoms with Crippen molar-refractivity contribution in [3.8, 4) is 33.5 Å². The van der Waals surface area contributed by atoms with E-state index >= 15 is 0 Å². The Bertz CT molecular complexity index is 2720. The smallest absolute Gasteiger partial charge is 0.407 e. The van der Waals surface area contributed by atoms with Gasteiger partial charge in [0.25, 0.3) is 0 Å². The van der Waals surface area contributed by atoms with E-state index in [1.165, 1.54) is 14.2 Å². The molecule has 9 rings (SSSR count). The van der Waals surface area contributed by atoms with Crippen LogP contribution in [0.1, 0.15) is 83.5 Å². The zero-order valence-electron chi connectivity index (χ0n) is 37.2. The highest BCUT2D eigenvalue weighted by atomic mass is 16.5. The molecule has 4 N–H and O–H groups in total. The molecule has 3 fully saturated rings. The van der Waals surface area contributed by atoms with Crippen LogP contribution in [0.4, 0.5) is 9.59 Å². The number of rotatable bonds is 11. The number of aromatic nitrogens is 4. The van der Waals surface area contributed by atoms with Gasteiger partial charge in [0.05, 0.1) is 49.2 Å². The van der Waals surface area contributed by atoms with Gasteiger partial charge in [0.15, 0.2) is 0 Å². The van der Waals surface area contributed by atoms with E-state index in [0.717, 1.165) is 99.1 Å². The number of benzene rings is 4. The van der Waals surface area contributed by atoms with Crippen LogP contribution in [0.2, 0.25) is 0 Å². The number of hydrogen-bond donors (Lipinski definition) is 4. The topological polar surface area (TPSA) is 175 Å². The number of H-pyrrole nitrogens is 2. The molecular formula is C50H56N8O6. The Morgan fingerprint density at radius 1 is 0.688 bits per heavy atom. The van der Waals surface area contributed by atoms with Gasteiger partial charge in [-0.2, -0.15) is 0 Å². The number of alkyl carbamates (subject to hydrolysis) is 2. The van der Waals surface area contributed by atoms with Crippen LogP contribution in [-0.4, -0.2) is 92.6 Å². The summed E-state index contributed by atoms with van der Waals surface area (Å²) in [7, 11) is 2.61. The van der Waals surface area contributed by atoms with Gasteiger partial charge < -0.3 is 39.9 Å². The lowest BCUT2D eigenvalue weighted by Gasteiger charge is -2.37. The Hall–Kier alpha value is -6.70. The summed E-state index contributed by atoms with van der Waals surface area (Å²) < 4.78 is 9.62. The largest absolute Gasteiger partial charge is 0.453 e. The monoisotopic (exact) mass is 864 g/mol. The van der Waals surface area contributed by atoms with Gasteiger partial charge in [0.1, 0.15) is 23.7 Å². The lowest BCUT2D eigenvalue weighted by atomic mass is 9.95. The molecule has 6 aromatic rings. The minimum absolute atomic E-state index is 0.0877. The number of fused-ring (bicyclic) bond motifs is 4. The van der Waals surface area contributed by atoms with E-state index in [1.54, 1.807) is 0 Å². The summed E-state index contributed by atoms with van der Waals surface area (Å²) in [6, 6.07) is 26.1. The molecule has 3 aliphatic rings. The second kappa shape index (κ2) is 17.5. The molecule has 4 aromatic carbocycles. The molecule has 1 saturated carbocycles. The van der Waals surface area contributed by atoms with Crippen molar-refractivity contribution in [2.75, 3.05) is 20.8 Å². The van der Waals surface area contributed by atoms with E-state index in [0.29, 0.717) is 12.5 Å². The highest BCUT2D eigenvalue weighted by Crippen LogP contribution is 2.50. The number of aromatic amines is 2. The number of amides is 4. The number of piperidine rings is 1. The van der Waals surface area contributed by atoms with Crippen molar-refractivity contribution in [2.24, 2.45) is 17.8 Å². The molecule has 4 amide bonds. The van der Waals surface area contributed by atoms with Crippen molar-refractivity contribution in [3.63, 3.8) is 0 Å². The van der Waals surface area contributed by atoms with Gasteiger partial charge in [-0.25, -0.2) is 19.6 Å². The van der Waals surface area contributed by atoms with Crippen molar-refractivity contribution >= 4 is 45.8 Å². The van der Waals surface area contributed by atoms with Gasteiger partial charge in [-0.3, -0.25) is 9.59 Å². The molecule has 2 bridgehead atoms. The highest BCUT2D eigenvalue weighted by Gasteiger charge is 2.51. The van der Waals surface area contributed by atoms with Crippen LogP contribution < -0.4 is 10.6 Å². The number of carbonyl (C=O) groups is 4. The number of nitrogens with one attached hydrogen (secondary N) is 4. The first-order valence-electron chi connectivity index (χ1n) is 22.4. The van der Waals surface area contributed by atoms with E-state index in [-0.39, 0.29) is 41.8 Å². The van der Waals surface area contributed by atoms with Gasteiger partial charge >= 0.3 is 12.2 Å². The summed E-state index contributed by atoms with van der Waals surface area (Å²) in [6.45, 7) is 8.28. The maximum Gasteiger partial charge on any atom is 0.407 e. The fourth-order valence-corrected chi connectivity index (χ4v) is 10.2. The molecule has 14 heteroatoms. The zero-order chi connectivity index (χ0) is 44.8. The maximum atomic E-state index is 14.0. The molecule has 1 aliphatic carbocycles. The van der Waals surface area contributed by atoms with Crippen molar-refractivity contribution < 1.29 is 28.7 Å². The molecule has 14 nitrogen and oxygen atoms in total.